The Morgan fingerprint density at radius 2 is 1.76 bits per heavy atom. The molecule has 0 unspecified atom stereocenters. The lowest BCUT2D eigenvalue weighted by atomic mass is 10.1. The van der Waals surface area contributed by atoms with Crippen molar-refractivity contribution in [1.82, 2.24) is 5.32 Å². The molecule has 0 saturated carbocycles. The Bertz CT molecular complexity index is 1150. The van der Waals surface area contributed by atoms with Crippen LogP contribution in [0.3, 0.4) is 0 Å². The van der Waals surface area contributed by atoms with Gasteiger partial charge < -0.3 is 24.4 Å². The van der Waals surface area contributed by atoms with Crippen LogP contribution < -0.4 is 24.4 Å². The molecular weight excluding hydrogens is 420 g/mol. The minimum Gasteiger partial charge on any atom is -0.489 e. The molecule has 2 aliphatic rings. The second-order valence-corrected chi connectivity index (χ2v) is 8.08. The van der Waals surface area contributed by atoms with E-state index < -0.39 is 0 Å². The fourth-order valence-electron chi connectivity index (χ4n) is 3.98. The van der Waals surface area contributed by atoms with Gasteiger partial charge in [0.2, 0.25) is 18.6 Å². The van der Waals surface area contributed by atoms with E-state index in [1.807, 2.05) is 72.8 Å². The van der Waals surface area contributed by atoms with E-state index in [9.17, 15) is 9.59 Å². The van der Waals surface area contributed by atoms with Crippen molar-refractivity contribution in [3.8, 4) is 17.2 Å². The zero-order valence-corrected chi connectivity index (χ0v) is 18.0. The first-order valence-corrected chi connectivity index (χ1v) is 10.9. The molecule has 1 saturated heterocycles. The van der Waals surface area contributed by atoms with Gasteiger partial charge in [-0.1, -0.05) is 36.4 Å². The summed E-state index contributed by atoms with van der Waals surface area (Å²) >= 11 is 0. The number of nitrogens with one attached hydrogen (secondary N) is 1. The number of rotatable bonds is 7. The van der Waals surface area contributed by atoms with Gasteiger partial charge in [0.05, 0.1) is 5.92 Å². The van der Waals surface area contributed by atoms with Gasteiger partial charge in [-0.25, -0.2) is 0 Å². The maximum atomic E-state index is 12.7. The van der Waals surface area contributed by atoms with E-state index in [0.29, 0.717) is 31.2 Å². The fourth-order valence-corrected chi connectivity index (χ4v) is 3.98. The van der Waals surface area contributed by atoms with Crippen LogP contribution >= 0.6 is 0 Å². The normalized spacial score (nSPS) is 16.7. The quantitative estimate of drug-likeness (QED) is 0.602. The molecule has 33 heavy (non-hydrogen) atoms. The lowest BCUT2D eigenvalue weighted by Crippen LogP contribution is -2.32. The molecule has 2 amide bonds. The van der Waals surface area contributed by atoms with E-state index in [4.69, 9.17) is 14.2 Å². The number of nitrogens with zero attached hydrogens (tertiary/aromatic N) is 1. The van der Waals surface area contributed by atoms with Gasteiger partial charge in [0.25, 0.3) is 0 Å². The van der Waals surface area contributed by atoms with Gasteiger partial charge >= 0.3 is 0 Å². The second kappa shape index (κ2) is 9.24. The number of hydrogen-bond donors (Lipinski definition) is 1. The molecular formula is C26H24N2O5. The van der Waals surface area contributed by atoms with Crippen LogP contribution in [-0.4, -0.2) is 25.2 Å². The van der Waals surface area contributed by atoms with Crippen molar-refractivity contribution in [2.24, 2.45) is 5.92 Å². The molecule has 2 aliphatic heterocycles. The number of amides is 2. The highest BCUT2D eigenvalue weighted by Gasteiger charge is 2.35. The average Bonchev–Trinajstić information content (AvgIpc) is 3.48. The monoisotopic (exact) mass is 444 g/mol. The number of fused-ring (bicyclic) bond motifs is 1. The summed E-state index contributed by atoms with van der Waals surface area (Å²) in [5.74, 6) is 1.54. The Morgan fingerprint density at radius 3 is 2.58 bits per heavy atom. The second-order valence-electron chi connectivity index (χ2n) is 8.08. The Hall–Kier alpha value is -4.00. The molecule has 5 rings (SSSR count). The largest absolute Gasteiger partial charge is 0.489 e. The van der Waals surface area contributed by atoms with E-state index in [1.54, 1.807) is 4.90 Å². The van der Waals surface area contributed by atoms with Gasteiger partial charge in [-0.2, -0.15) is 0 Å². The number of benzene rings is 3. The predicted octanol–water partition coefficient (Wildman–Crippen LogP) is 3.66. The van der Waals surface area contributed by atoms with Crippen molar-refractivity contribution in [3.05, 3.63) is 83.9 Å². The zero-order chi connectivity index (χ0) is 22.6. The van der Waals surface area contributed by atoms with E-state index >= 15 is 0 Å². The van der Waals surface area contributed by atoms with Crippen LogP contribution in [0.15, 0.2) is 72.8 Å². The number of carbonyl (C=O) groups excluding carboxylic acids is 2. The molecule has 1 fully saturated rings. The molecule has 7 heteroatoms. The van der Waals surface area contributed by atoms with Gasteiger partial charge in [0, 0.05) is 25.2 Å². The topological polar surface area (TPSA) is 77.1 Å². The van der Waals surface area contributed by atoms with Gasteiger partial charge in [0.15, 0.2) is 11.5 Å². The SMILES string of the molecule is O=C(NCc1ccc2c(c1)OCO2)[C@@H]1CC(=O)N(c2ccc(OCc3ccccc3)cc2)C1. The molecule has 0 bridgehead atoms. The third-order valence-corrected chi connectivity index (χ3v) is 5.80. The van der Waals surface area contributed by atoms with Gasteiger partial charge in [-0.05, 0) is 47.5 Å². The van der Waals surface area contributed by atoms with Crippen LogP contribution in [-0.2, 0) is 22.7 Å². The molecule has 0 radical (unpaired) electrons. The smallest absolute Gasteiger partial charge is 0.231 e. The van der Waals surface area contributed by atoms with Gasteiger partial charge in [-0.3, -0.25) is 9.59 Å². The lowest BCUT2D eigenvalue weighted by molar-refractivity contribution is -0.126. The van der Waals surface area contributed by atoms with E-state index in [-0.39, 0.29) is 30.9 Å². The van der Waals surface area contributed by atoms with E-state index in [0.717, 1.165) is 22.6 Å². The van der Waals surface area contributed by atoms with Crippen LogP contribution in [0.5, 0.6) is 17.2 Å². The van der Waals surface area contributed by atoms with Crippen molar-refractivity contribution in [2.75, 3.05) is 18.2 Å². The summed E-state index contributed by atoms with van der Waals surface area (Å²) in [5, 5.41) is 2.93. The Labute approximate surface area is 191 Å². The molecule has 3 aromatic carbocycles. The highest BCUT2D eigenvalue weighted by molar-refractivity contribution is 6.00. The van der Waals surface area contributed by atoms with Crippen LogP contribution in [0.25, 0.3) is 0 Å². The van der Waals surface area contributed by atoms with E-state index in [1.165, 1.54) is 0 Å². The third-order valence-electron chi connectivity index (χ3n) is 5.80. The molecule has 0 spiro atoms. The van der Waals surface area contributed by atoms with Crippen molar-refractivity contribution in [2.45, 2.75) is 19.6 Å². The highest BCUT2D eigenvalue weighted by Crippen LogP contribution is 2.32. The maximum Gasteiger partial charge on any atom is 0.231 e. The maximum absolute atomic E-state index is 12.7. The summed E-state index contributed by atoms with van der Waals surface area (Å²) in [5.41, 5.74) is 2.77. The van der Waals surface area contributed by atoms with Crippen molar-refractivity contribution < 1.29 is 23.8 Å². The van der Waals surface area contributed by atoms with E-state index in [2.05, 4.69) is 5.32 Å². The zero-order valence-electron chi connectivity index (χ0n) is 18.0. The average molecular weight is 444 g/mol. The molecule has 1 N–H and O–H groups in total. The number of ether oxygens (including phenoxy) is 3. The molecule has 7 nitrogen and oxygen atoms in total. The number of anilines is 1. The van der Waals surface area contributed by atoms with Crippen molar-refractivity contribution >= 4 is 17.5 Å². The summed E-state index contributed by atoms with van der Waals surface area (Å²) in [4.78, 5) is 26.9. The summed E-state index contributed by atoms with van der Waals surface area (Å²) in [6.45, 7) is 1.42. The number of carbonyl (C=O) groups is 2. The molecule has 1 atom stereocenters. The molecule has 3 aromatic rings. The summed E-state index contributed by atoms with van der Waals surface area (Å²) in [7, 11) is 0. The fraction of sp³-hybridized carbons (Fsp3) is 0.231. The van der Waals surface area contributed by atoms with Crippen LogP contribution in [0.1, 0.15) is 17.5 Å². The first-order chi connectivity index (χ1) is 16.2. The van der Waals surface area contributed by atoms with Crippen LogP contribution in [0.4, 0.5) is 5.69 Å². The lowest BCUT2D eigenvalue weighted by Gasteiger charge is -2.17. The summed E-state index contributed by atoms with van der Waals surface area (Å²) in [6.07, 6.45) is 0.194. The predicted molar refractivity (Wildman–Crippen MR) is 122 cm³/mol. The molecule has 0 aliphatic carbocycles. The summed E-state index contributed by atoms with van der Waals surface area (Å²) in [6, 6.07) is 22.9. The molecule has 2 heterocycles. The summed E-state index contributed by atoms with van der Waals surface area (Å²) < 4.78 is 16.5. The Kier molecular flexibility index (Phi) is 5.85. The third kappa shape index (κ3) is 4.77. The Morgan fingerprint density at radius 1 is 0.970 bits per heavy atom. The first kappa shape index (κ1) is 20.9. The first-order valence-electron chi connectivity index (χ1n) is 10.9. The van der Waals surface area contributed by atoms with Crippen LogP contribution in [0.2, 0.25) is 0 Å². The minimum atomic E-state index is -0.388. The number of hydrogen-bond acceptors (Lipinski definition) is 5. The van der Waals surface area contributed by atoms with Crippen molar-refractivity contribution in [3.63, 3.8) is 0 Å². The molecule has 168 valence electrons. The molecule has 0 aromatic heterocycles. The van der Waals surface area contributed by atoms with Crippen molar-refractivity contribution in [1.29, 1.82) is 0 Å². The Balaban J connectivity index is 1.15. The standard InChI is InChI=1S/C26H24N2O5/c29-25-13-20(26(30)27-14-19-6-11-23-24(12-19)33-17-32-23)15-28(25)21-7-9-22(10-8-21)31-16-18-4-2-1-3-5-18/h1-12,20H,13-17H2,(H,27,30)/t20-/m1/s1. The minimum absolute atomic E-state index is 0.0591. The van der Waals surface area contributed by atoms with Crippen LogP contribution in [0, 0.1) is 5.92 Å². The van der Waals surface area contributed by atoms with Gasteiger partial charge in [-0.15, -0.1) is 0 Å². The van der Waals surface area contributed by atoms with Gasteiger partial charge in [0.1, 0.15) is 12.4 Å². The highest BCUT2D eigenvalue weighted by atomic mass is 16.7.